The van der Waals surface area contributed by atoms with Crippen molar-refractivity contribution in [1.82, 2.24) is 0 Å². The van der Waals surface area contributed by atoms with Crippen molar-refractivity contribution in [3.63, 3.8) is 0 Å². The Morgan fingerprint density at radius 2 is 2.11 bits per heavy atom. The highest BCUT2D eigenvalue weighted by molar-refractivity contribution is 5.96. The molecule has 0 aliphatic carbocycles. The number of benzene rings is 1. The highest BCUT2D eigenvalue weighted by Gasteiger charge is 2.31. The highest BCUT2D eigenvalue weighted by Crippen LogP contribution is 2.23. The minimum atomic E-state index is -4.76. The lowest BCUT2D eigenvalue weighted by Crippen LogP contribution is -2.23. The molecule has 0 heterocycles. The van der Waals surface area contributed by atoms with Crippen molar-refractivity contribution in [3.05, 3.63) is 29.8 Å². The largest absolute Gasteiger partial charge is 0.573 e. The number of hydrogen-bond acceptors (Lipinski definition) is 3. The van der Waals surface area contributed by atoms with E-state index in [-0.39, 0.29) is 23.8 Å². The number of carbonyl (C=O) groups excluding carboxylic acids is 1. The van der Waals surface area contributed by atoms with Crippen LogP contribution in [0.15, 0.2) is 24.3 Å². The Kier molecular flexibility index (Phi) is 5.35. The van der Waals surface area contributed by atoms with E-state index in [0.717, 1.165) is 18.6 Å². The maximum atomic E-state index is 12.1. The van der Waals surface area contributed by atoms with Gasteiger partial charge in [0.15, 0.2) is 5.78 Å². The lowest BCUT2D eigenvalue weighted by atomic mass is 10.0. The summed E-state index contributed by atoms with van der Waals surface area (Å²) in [6.45, 7) is 1.95. The van der Waals surface area contributed by atoms with Crippen LogP contribution in [0.4, 0.5) is 13.2 Å². The molecule has 0 bridgehead atoms. The van der Waals surface area contributed by atoms with Crippen molar-refractivity contribution < 1.29 is 22.7 Å². The molecule has 6 heteroatoms. The van der Waals surface area contributed by atoms with Gasteiger partial charge in [-0.25, -0.2) is 0 Å². The summed E-state index contributed by atoms with van der Waals surface area (Å²) in [5, 5.41) is 0. The quantitative estimate of drug-likeness (QED) is 0.810. The van der Waals surface area contributed by atoms with Gasteiger partial charge in [-0.3, -0.25) is 4.79 Å². The van der Waals surface area contributed by atoms with Gasteiger partial charge in [0.2, 0.25) is 0 Å². The fourth-order valence-corrected chi connectivity index (χ4v) is 1.70. The van der Waals surface area contributed by atoms with Gasteiger partial charge >= 0.3 is 6.36 Å². The number of rotatable bonds is 6. The van der Waals surface area contributed by atoms with Gasteiger partial charge in [-0.2, -0.15) is 0 Å². The standard InChI is InChI=1S/C13H16F3NO2/c1-2-4-10(17)8-12(18)9-5-3-6-11(7-9)19-13(14,15)16/h3,5-7,10H,2,4,8,17H2,1H3. The Morgan fingerprint density at radius 1 is 1.42 bits per heavy atom. The molecule has 1 atom stereocenters. The molecule has 1 unspecified atom stereocenters. The van der Waals surface area contributed by atoms with Crippen LogP contribution in [0.25, 0.3) is 0 Å². The Morgan fingerprint density at radius 3 is 2.68 bits per heavy atom. The lowest BCUT2D eigenvalue weighted by molar-refractivity contribution is -0.274. The molecule has 0 aromatic heterocycles. The zero-order chi connectivity index (χ0) is 14.5. The fraction of sp³-hybridized carbons (Fsp3) is 0.462. The Hall–Kier alpha value is -1.56. The first-order chi connectivity index (χ1) is 8.81. The van der Waals surface area contributed by atoms with Gasteiger partial charge in [-0.15, -0.1) is 13.2 Å². The third kappa shape index (κ3) is 5.74. The molecule has 19 heavy (non-hydrogen) atoms. The Balaban J connectivity index is 2.73. The van der Waals surface area contributed by atoms with Gasteiger partial charge in [-0.05, 0) is 18.6 Å². The van der Waals surface area contributed by atoms with Crippen molar-refractivity contribution in [2.75, 3.05) is 0 Å². The van der Waals surface area contributed by atoms with Crippen LogP contribution in [0.1, 0.15) is 36.5 Å². The summed E-state index contributed by atoms with van der Waals surface area (Å²) in [5.41, 5.74) is 5.90. The molecular formula is C13H16F3NO2. The van der Waals surface area contributed by atoms with Crippen LogP contribution in [-0.2, 0) is 0 Å². The van der Waals surface area contributed by atoms with E-state index in [9.17, 15) is 18.0 Å². The summed E-state index contributed by atoms with van der Waals surface area (Å²) < 4.78 is 39.9. The van der Waals surface area contributed by atoms with E-state index in [1.165, 1.54) is 12.1 Å². The van der Waals surface area contributed by atoms with E-state index in [0.29, 0.717) is 6.42 Å². The third-order valence-electron chi connectivity index (χ3n) is 2.50. The molecule has 0 amide bonds. The smallest absolute Gasteiger partial charge is 0.406 e. The fourth-order valence-electron chi connectivity index (χ4n) is 1.70. The Bertz CT molecular complexity index is 432. The first kappa shape index (κ1) is 15.5. The van der Waals surface area contributed by atoms with Crippen LogP contribution < -0.4 is 10.5 Å². The first-order valence-electron chi connectivity index (χ1n) is 5.96. The molecule has 0 aliphatic heterocycles. The lowest BCUT2D eigenvalue weighted by Gasteiger charge is -2.11. The van der Waals surface area contributed by atoms with E-state index in [1.807, 2.05) is 6.92 Å². The minimum absolute atomic E-state index is 0.114. The van der Waals surface area contributed by atoms with E-state index in [2.05, 4.69) is 4.74 Å². The van der Waals surface area contributed by atoms with Gasteiger partial charge in [-0.1, -0.05) is 25.5 Å². The highest BCUT2D eigenvalue weighted by atomic mass is 19.4. The molecule has 1 aromatic rings. The van der Waals surface area contributed by atoms with Gasteiger partial charge in [0.05, 0.1) is 0 Å². The molecule has 0 saturated heterocycles. The van der Waals surface area contributed by atoms with Gasteiger partial charge in [0.1, 0.15) is 5.75 Å². The molecule has 0 spiro atoms. The molecule has 0 saturated carbocycles. The summed E-state index contributed by atoms with van der Waals surface area (Å²) in [5.74, 6) is -0.684. The van der Waals surface area contributed by atoms with Crippen LogP contribution in [0.3, 0.4) is 0 Å². The third-order valence-corrected chi connectivity index (χ3v) is 2.50. The molecule has 106 valence electrons. The number of carbonyl (C=O) groups is 1. The second kappa shape index (κ2) is 6.56. The van der Waals surface area contributed by atoms with Gasteiger partial charge in [0.25, 0.3) is 0 Å². The zero-order valence-electron chi connectivity index (χ0n) is 10.5. The second-order valence-electron chi connectivity index (χ2n) is 4.25. The van der Waals surface area contributed by atoms with Crippen molar-refractivity contribution in [1.29, 1.82) is 0 Å². The number of hydrogen-bond donors (Lipinski definition) is 1. The molecule has 1 rings (SSSR count). The van der Waals surface area contributed by atoms with Crippen LogP contribution in [-0.4, -0.2) is 18.2 Å². The van der Waals surface area contributed by atoms with Gasteiger partial charge < -0.3 is 10.5 Å². The van der Waals surface area contributed by atoms with Crippen LogP contribution in [0, 0.1) is 0 Å². The van der Waals surface area contributed by atoms with Gasteiger partial charge in [0, 0.05) is 18.0 Å². The second-order valence-corrected chi connectivity index (χ2v) is 4.25. The van der Waals surface area contributed by atoms with E-state index in [1.54, 1.807) is 0 Å². The van der Waals surface area contributed by atoms with E-state index in [4.69, 9.17) is 5.73 Å². The number of alkyl halides is 3. The molecule has 3 nitrogen and oxygen atoms in total. The number of ether oxygens (including phenoxy) is 1. The number of ketones is 1. The maximum Gasteiger partial charge on any atom is 0.573 e. The SMILES string of the molecule is CCCC(N)CC(=O)c1cccc(OC(F)(F)F)c1. The molecule has 0 fully saturated rings. The summed E-state index contributed by atoms with van der Waals surface area (Å²) in [6.07, 6.45) is -3.10. The molecule has 0 aliphatic rings. The topological polar surface area (TPSA) is 52.3 Å². The summed E-state index contributed by atoms with van der Waals surface area (Å²) >= 11 is 0. The van der Waals surface area contributed by atoms with Crippen molar-refractivity contribution in [2.45, 2.75) is 38.6 Å². The number of nitrogens with two attached hydrogens (primary N) is 1. The molecule has 2 N–H and O–H groups in total. The predicted molar refractivity (Wildman–Crippen MR) is 65.0 cm³/mol. The Labute approximate surface area is 109 Å². The molecule has 0 radical (unpaired) electrons. The average Bonchev–Trinajstić information content (AvgIpc) is 2.27. The number of Topliss-reactive ketones (excluding diaryl/α,β-unsaturated/α-hetero) is 1. The van der Waals surface area contributed by atoms with Crippen molar-refractivity contribution in [3.8, 4) is 5.75 Å². The first-order valence-corrected chi connectivity index (χ1v) is 5.96. The summed E-state index contributed by atoms with van der Waals surface area (Å²) in [4.78, 5) is 11.8. The molecule has 1 aromatic carbocycles. The van der Waals surface area contributed by atoms with Crippen LogP contribution >= 0.6 is 0 Å². The molecular weight excluding hydrogens is 259 g/mol. The predicted octanol–water partition coefficient (Wildman–Crippen LogP) is 3.29. The number of halogens is 3. The maximum absolute atomic E-state index is 12.1. The van der Waals surface area contributed by atoms with Crippen molar-refractivity contribution in [2.24, 2.45) is 5.73 Å². The minimum Gasteiger partial charge on any atom is -0.406 e. The average molecular weight is 275 g/mol. The summed E-state index contributed by atoms with van der Waals surface area (Å²) in [6, 6.07) is 4.75. The zero-order valence-corrected chi connectivity index (χ0v) is 10.5. The van der Waals surface area contributed by atoms with E-state index < -0.39 is 12.1 Å². The van der Waals surface area contributed by atoms with Crippen molar-refractivity contribution >= 4 is 5.78 Å². The van der Waals surface area contributed by atoms with E-state index >= 15 is 0 Å². The normalized spacial score (nSPS) is 13.1. The van der Waals surface area contributed by atoms with Crippen LogP contribution in [0.5, 0.6) is 5.75 Å². The van der Waals surface area contributed by atoms with Crippen LogP contribution in [0.2, 0.25) is 0 Å². The monoisotopic (exact) mass is 275 g/mol. The summed E-state index contributed by atoms with van der Waals surface area (Å²) in [7, 11) is 0.